The lowest BCUT2D eigenvalue weighted by atomic mass is 10.00. The van der Waals surface area contributed by atoms with Gasteiger partial charge in [0.25, 0.3) is 0 Å². The number of likely N-dealkylation sites (tertiary alicyclic amines) is 1. The number of fused-ring (bicyclic) bond motifs is 1. The number of aromatic nitrogens is 3. The Morgan fingerprint density at radius 3 is 2.57 bits per heavy atom. The molecule has 1 aliphatic heterocycles. The second kappa shape index (κ2) is 12.9. The average Bonchev–Trinajstić information content (AvgIpc) is 2.97. The van der Waals surface area contributed by atoms with E-state index in [0.29, 0.717) is 41.9 Å². The van der Waals surface area contributed by atoms with Crippen molar-refractivity contribution in [1.82, 2.24) is 19.9 Å². The first kappa shape index (κ1) is 31.7. The van der Waals surface area contributed by atoms with Crippen LogP contribution in [0.1, 0.15) is 64.0 Å². The van der Waals surface area contributed by atoms with Crippen LogP contribution in [0.4, 0.5) is 10.7 Å². The molecule has 11 heteroatoms. The lowest BCUT2D eigenvalue weighted by Gasteiger charge is -2.34. The zero-order valence-corrected chi connectivity index (χ0v) is 27.6. The van der Waals surface area contributed by atoms with Crippen molar-refractivity contribution in [2.45, 2.75) is 82.4 Å². The molecule has 2 aromatic carbocycles. The number of benzene rings is 2. The number of nitrogens with one attached hydrogen (secondary N) is 1. The summed E-state index contributed by atoms with van der Waals surface area (Å²) in [7, 11) is -3.22. The molecule has 2 fully saturated rings. The Labute approximate surface area is 270 Å². The highest BCUT2D eigenvalue weighted by atomic mass is 32.2. The number of piperidine rings is 1. The molecule has 46 heavy (non-hydrogen) atoms. The van der Waals surface area contributed by atoms with E-state index in [4.69, 9.17) is 14.5 Å². The highest BCUT2D eigenvalue weighted by Gasteiger charge is 2.32. The first-order valence-electron chi connectivity index (χ1n) is 15.9. The van der Waals surface area contributed by atoms with Gasteiger partial charge in [0.2, 0.25) is 11.8 Å². The summed E-state index contributed by atoms with van der Waals surface area (Å²) >= 11 is 0. The second-order valence-corrected chi connectivity index (χ2v) is 15.5. The van der Waals surface area contributed by atoms with E-state index in [1.54, 1.807) is 17.3 Å². The van der Waals surface area contributed by atoms with Crippen LogP contribution in [0.15, 0.2) is 60.9 Å². The van der Waals surface area contributed by atoms with Gasteiger partial charge in [-0.05, 0) is 88.1 Å². The predicted octanol–water partition coefficient (Wildman–Crippen LogP) is 7.07. The molecule has 242 valence electrons. The van der Waals surface area contributed by atoms with Crippen molar-refractivity contribution in [3.8, 4) is 22.9 Å². The van der Waals surface area contributed by atoms with Crippen LogP contribution in [0.2, 0.25) is 0 Å². The Morgan fingerprint density at radius 1 is 0.978 bits per heavy atom. The summed E-state index contributed by atoms with van der Waals surface area (Å²) < 4.78 is 38.2. The minimum atomic E-state index is -3.22. The summed E-state index contributed by atoms with van der Waals surface area (Å²) in [6, 6.07) is 15.2. The maximum absolute atomic E-state index is 13.0. The van der Waals surface area contributed by atoms with Crippen LogP contribution in [-0.2, 0) is 20.3 Å². The van der Waals surface area contributed by atoms with Crippen LogP contribution < -0.4 is 10.1 Å². The van der Waals surface area contributed by atoms with E-state index in [1.807, 2.05) is 76.2 Å². The van der Waals surface area contributed by atoms with Crippen molar-refractivity contribution in [3.63, 3.8) is 0 Å². The third-order valence-corrected chi connectivity index (χ3v) is 10.7. The van der Waals surface area contributed by atoms with E-state index in [9.17, 15) is 13.2 Å². The van der Waals surface area contributed by atoms with Gasteiger partial charge in [0.1, 0.15) is 11.4 Å². The minimum absolute atomic E-state index is 0.0135. The van der Waals surface area contributed by atoms with Crippen molar-refractivity contribution in [3.05, 3.63) is 72.1 Å². The number of anilines is 1. The highest BCUT2D eigenvalue weighted by Crippen LogP contribution is 2.38. The third-order valence-electron chi connectivity index (χ3n) is 8.52. The maximum Gasteiger partial charge on any atom is 0.410 e. The largest absolute Gasteiger partial charge is 0.444 e. The van der Waals surface area contributed by atoms with Gasteiger partial charge in [-0.25, -0.2) is 28.2 Å². The fourth-order valence-corrected chi connectivity index (χ4v) is 7.91. The molecule has 0 spiro atoms. The number of carbonyl (C=O) groups is 1. The summed E-state index contributed by atoms with van der Waals surface area (Å²) in [5, 5.41) is 4.84. The van der Waals surface area contributed by atoms with Crippen molar-refractivity contribution in [2.75, 3.05) is 18.4 Å². The summed E-state index contributed by atoms with van der Waals surface area (Å²) in [5.74, 6) is 1.46. The highest BCUT2D eigenvalue weighted by molar-refractivity contribution is 7.91. The van der Waals surface area contributed by atoms with Crippen molar-refractivity contribution in [2.24, 2.45) is 0 Å². The Balaban J connectivity index is 1.24. The quantitative estimate of drug-likeness (QED) is 0.215. The fraction of sp³-hybridized carbons (Fsp3) is 0.429. The molecule has 2 aromatic heterocycles. The SMILES string of the molecule is Cc1ccc2c(CS(=O)(=O)C3CCC3)cccc2c1Oc1ncccc1-c1ccnc(N[C@H]2CCCN(C(=O)OC(C)(C)C)C2)n1. The summed E-state index contributed by atoms with van der Waals surface area (Å²) in [5.41, 5.74) is 2.44. The maximum atomic E-state index is 13.0. The predicted molar refractivity (Wildman–Crippen MR) is 179 cm³/mol. The molecule has 1 saturated heterocycles. The number of ether oxygens (including phenoxy) is 2. The number of sulfone groups is 1. The van der Waals surface area contributed by atoms with Crippen LogP contribution in [-0.4, -0.2) is 64.3 Å². The summed E-state index contributed by atoms with van der Waals surface area (Å²) in [6.07, 6.45) is 7.22. The number of rotatable bonds is 8. The normalized spacial score (nSPS) is 17.4. The van der Waals surface area contributed by atoms with E-state index < -0.39 is 15.4 Å². The summed E-state index contributed by atoms with van der Waals surface area (Å²) in [4.78, 5) is 28.2. The molecule has 10 nitrogen and oxygen atoms in total. The fourth-order valence-electron chi connectivity index (χ4n) is 5.94. The molecule has 1 saturated carbocycles. The lowest BCUT2D eigenvalue weighted by Crippen LogP contribution is -2.47. The second-order valence-electron chi connectivity index (χ2n) is 13.2. The van der Waals surface area contributed by atoms with E-state index in [-0.39, 0.29) is 23.1 Å². The van der Waals surface area contributed by atoms with Gasteiger partial charge in [0.15, 0.2) is 9.84 Å². The van der Waals surface area contributed by atoms with Gasteiger partial charge in [0.05, 0.1) is 22.3 Å². The van der Waals surface area contributed by atoms with Crippen LogP contribution in [0, 0.1) is 6.92 Å². The van der Waals surface area contributed by atoms with Crippen molar-refractivity contribution < 1.29 is 22.7 Å². The molecule has 1 atom stereocenters. The molecule has 1 N–H and O–H groups in total. The Hall–Kier alpha value is -4.25. The zero-order valence-electron chi connectivity index (χ0n) is 26.8. The van der Waals surface area contributed by atoms with Gasteiger partial charge in [-0.2, -0.15) is 0 Å². The third kappa shape index (κ3) is 7.09. The van der Waals surface area contributed by atoms with Gasteiger partial charge in [0, 0.05) is 36.9 Å². The molecular weight excluding hydrogens is 602 g/mol. The smallest absolute Gasteiger partial charge is 0.410 e. The van der Waals surface area contributed by atoms with E-state index in [0.717, 1.165) is 54.0 Å². The molecule has 0 bridgehead atoms. The molecule has 6 rings (SSSR count). The number of amides is 1. The Kier molecular flexibility index (Phi) is 8.87. The van der Waals surface area contributed by atoms with E-state index >= 15 is 0 Å². The molecule has 0 radical (unpaired) electrons. The molecule has 1 aliphatic carbocycles. The lowest BCUT2D eigenvalue weighted by molar-refractivity contribution is 0.0206. The Morgan fingerprint density at radius 2 is 1.80 bits per heavy atom. The van der Waals surface area contributed by atoms with Gasteiger partial charge in [-0.1, -0.05) is 36.8 Å². The minimum Gasteiger partial charge on any atom is -0.444 e. The molecule has 2 aliphatic rings. The number of hydrogen-bond donors (Lipinski definition) is 1. The molecule has 0 unspecified atom stereocenters. The van der Waals surface area contributed by atoms with Gasteiger partial charge in [-0.3, -0.25) is 0 Å². The van der Waals surface area contributed by atoms with Crippen molar-refractivity contribution in [1.29, 1.82) is 0 Å². The molecule has 3 heterocycles. The van der Waals surface area contributed by atoms with Crippen LogP contribution in [0.5, 0.6) is 11.6 Å². The van der Waals surface area contributed by atoms with Crippen molar-refractivity contribution >= 4 is 32.7 Å². The number of pyridine rings is 1. The molecular formula is C35H41N5O5S. The Bertz CT molecular complexity index is 1850. The standard InChI is InChI=1S/C35H41N5O5S/c1-23-15-16-27-24(22-46(42,43)26-11-6-12-26)9-5-13-28(27)31(23)44-32-29(14-7-18-36-32)30-17-19-37-33(39-30)38-25-10-8-20-40(21-25)34(41)45-35(2,3)4/h5,7,9,13-19,25-26H,6,8,10-12,20-22H2,1-4H3,(H,37,38,39)/t25-/m0/s1. The number of carbonyl (C=O) groups excluding carboxylic acids is 1. The topological polar surface area (TPSA) is 124 Å². The number of hydrogen-bond acceptors (Lipinski definition) is 9. The van der Waals surface area contributed by atoms with Crippen LogP contribution in [0.3, 0.4) is 0 Å². The first-order chi connectivity index (χ1) is 22.0. The van der Waals surface area contributed by atoms with Gasteiger partial charge < -0.3 is 19.7 Å². The monoisotopic (exact) mass is 643 g/mol. The zero-order chi connectivity index (χ0) is 32.5. The summed E-state index contributed by atoms with van der Waals surface area (Å²) in [6.45, 7) is 8.70. The number of aryl methyl sites for hydroxylation is 1. The van der Waals surface area contributed by atoms with Crippen LogP contribution >= 0.6 is 0 Å². The van der Waals surface area contributed by atoms with E-state index in [2.05, 4.69) is 15.3 Å². The molecule has 4 aromatic rings. The van der Waals surface area contributed by atoms with Gasteiger partial charge >= 0.3 is 6.09 Å². The first-order valence-corrected chi connectivity index (χ1v) is 17.6. The average molecular weight is 644 g/mol. The van der Waals surface area contributed by atoms with Crippen LogP contribution in [0.25, 0.3) is 22.0 Å². The van der Waals surface area contributed by atoms with Gasteiger partial charge in [-0.15, -0.1) is 0 Å². The van der Waals surface area contributed by atoms with E-state index in [1.165, 1.54) is 0 Å². The molecule has 1 amide bonds. The number of nitrogens with zero attached hydrogens (tertiary/aromatic N) is 4.